The Labute approximate surface area is 109 Å². The van der Waals surface area contributed by atoms with Crippen molar-refractivity contribution in [2.45, 2.75) is 18.1 Å². The van der Waals surface area contributed by atoms with Crippen molar-refractivity contribution < 1.29 is 4.79 Å². The van der Waals surface area contributed by atoms with Crippen LogP contribution in [0.4, 0.5) is 5.69 Å². The van der Waals surface area contributed by atoms with Gasteiger partial charge < -0.3 is 5.32 Å². The SMILES string of the molecule is O=C(Nc1cc(Cl)cc(Cl)c1)C1CCCS1. The molecule has 1 aliphatic heterocycles. The normalized spacial score (nSPS) is 19.8. The summed E-state index contributed by atoms with van der Waals surface area (Å²) in [4.78, 5) is 11.8. The van der Waals surface area contributed by atoms with Gasteiger partial charge in [-0.3, -0.25) is 4.79 Å². The molecule has 1 N–H and O–H groups in total. The van der Waals surface area contributed by atoms with Crippen molar-refractivity contribution in [1.82, 2.24) is 0 Å². The van der Waals surface area contributed by atoms with Gasteiger partial charge in [-0.05, 0) is 36.8 Å². The fourth-order valence-corrected chi connectivity index (χ4v) is 3.32. The predicted molar refractivity (Wildman–Crippen MR) is 70.6 cm³/mol. The number of hydrogen-bond donors (Lipinski definition) is 1. The highest BCUT2D eigenvalue weighted by Gasteiger charge is 2.23. The zero-order valence-corrected chi connectivity index (χ0v) is 10.8. The Balaban J connectivity index is 2.05. The van der Waals surface area contributed by atoms with Crippen LogP contribution in [-0.2, 0) is 4.79 Å². The molecular formula is C11H11Cl2NOS. The first-order valence-electron chi connectivity index (χ1n) is 5.04. The zero-order valence-electron chi connectivity index (χ0n) is 8.50. The van der Waals surface area contributed by atoms with Gasteiger partial charge in [0.25, 0.3) is 0 Å². The number of halogens is 2. The van der Waals surface area contributed by atoms with E-state index in [-0.39, 0.29) is 11.2 Å². The Morgan fingerprint density at radius 1 is 1.31 bits per heavy atom. The van der Waals surface area contributed by atoms with Crippen LogP contribution >= 0.6 is 35.0 Å². The van der Waals surface area contributed by atoms with Gasteiger partial charge in [-0.25, -0.2) is 0 Å². The van der Waals surface area contributed by atoms with E-state index in [0.717, 1.165) is 18.6 Å². The lowest BCUT2D eigenvalue weighted by molar-refractivity contribution is -0.115. The molecule has 1 unspecified atom stereocenters. The summed E-state index contributed by atoms with van der Waals surface area (Å²) in [6.45, 7) is 0. The van der Waals surface area contributed by atoms with Crippen molar-refractivity contribution in [3.05, 3.63) is 28.2 Å². The van der Waals surface area contributed by atoms with E-state index in [9.17, 15) is 4.79 Å². The van der Waals surface area contributed by atoms with Crippen LogP contribution in [0.3, 0.4) is 0 Å². The van der Waals surface area contributed by atoms with Crippen molar-refractivity contribution in [1.29, 1.82) is 0 Å². The Morgan fingerprint density at radius 2 is 2.00 bits per heavy atom. The molecule has 1 aromatic carbocycles. The van der Waals surface area contributed by atoms with E-state index >= 15 is 0 Å². The molecule has 5 heteroatoms. The molecule has 1 fully saturated rings. The van der Waals surface area contributed by atoms with Crippen LogP contribution < -0.4 is 5.32 Å². The van der Waals surface area contributed by atoms with Crippen LogP contribution in [0, 0.1) is 0 Å². The molecule has 1 saturated heterocycles. The quantitative estimate of drug-likeness (QED) is 0.889. The molecule has 2 nitrogen and oxygen atoms in total. The van der Waals surface area contributed by atoms with E-state index in [1.807, 2.05) is 0 Å². The Morgan fingerprint density at radius 3 is 2.56 bits per heavy atom. The van der Waals surface area contributed by atoms with Gasteiger partial charge in [-0.2, -0.15) is 0 Å². The van der Waals surface area contributed by atoms with Gasteiger partial charge in [0, 0.05) is 15.7 Å². The van der Waals surface area contributed by atoms with E-state index in [1.54, 1.807) is 30.0 Å². The minimum Gasteiger partial charge on any atom is -0.325 e. The van der Waals surface area contributed by atoms with Gasteiger partial charge in [0.2, 0.25) is 5.91 Å². The number of anilines is 1. The second-order valence-electron chi connectivity index (χ2n) is 3.65. The first-order valence-corrected chi connectivity index (χ1v) is 6.84. The summed E-state index contributed by atoms with van der Waals surface area (Å²) in [6, 6.07) is 5.04. The lowest BCUT2D eigenvalue weighted by Crippen LogP contribution is -2.22. The average Bonchev–Trinajstić information content (AvgIpc) is 2.68. The molecule has 1 aliphatic rings. The molecule has 0 radical (unpaired) electrons. The lowest BCUT2D eigenvalue weighted by Gasteiger charge is -2.10. The summed E-state index contributed by atoms with van der Waals surface area (Å²) in [5.74, 6) is 1.11. The molecule has 1 heterocycles. The van der Waals surface area contributed by atoms with Gasteiger partial charge in [0.15, 0.2) is 0 Å². The third-order valence-corrected chi connectivity index (χ3v) is 4.17. The van der Waals surface area contributed by atoms with Crippen LogP contribution in [0.1, 0.15) is 12.8 Å². The zero-order chi connectivity index (χ0) is 11.5. The number of hydrogen-bond acceptors (Lipinski definition) is 2. The van der Waals surface area contributed by atoms with E-state index in [2.05, 4.69) is 5.32 Å². The number of benzene rings is 1. The molecule has 86 valence electrons. The molecule has 0 spiro atoms. The number of carbonyl (C=O) groups excluding carboxylic acids is 1. The number of carbonyl (C=O) groups is 1. The maximum atomic E-state index is 11.8. The standard InChI is InChI=1S/C11H11Cl2NOS/c12-7-4-8(13)6-9(5-7)14-11(15)10-2-1-3-16-10/h4-6,10H,1-3H2,(H,14,15). The molecule has 1 atom stereocenters. The number of amides is 1. The van der Waals surface area contributed by atoms with E-state index in [0.29, 0.717) is 15.7 Å². The monoisotopic (exact) mass is 275 g/mol. The second kappa shape index (κ2) is 5.30. The van der Waals surface area contributed by atoms with Crippen LogP contribution in [0.5, 0.6) is 0 Å². The molecule has 16 heavy (non-hydrogen) atoms. The van der Waals surface area contributed by atoms with Crippen LogP contribution in [-0.4, -0.2) is 16.9 Å². The summed E-state index contributed by atoms with van der Waals surface area (Å²) in [7, 11) is 0. The third kappa shape index (κ3) is 3.06. The van der Waals surface area contributed by atoms with Gasteiger partial charge >= 0.3 is 0 Å². The van der Waals surface area contributed by atoms with Crippen LogP contribution in [0.2, 0.25) is 10.0 Å². The molecule has 1 aromatic rings. The van der Waals surface area contributed by atoms with Crippen molar-refractivity contribution in [3.63, 3.8) is 0 Å². The lowest BCUT2D eigenvalue weighted by atomic mass is 10.2. The highest BCUT2D eigenvalue weighted by atomic mass is 35.5. The fraction of sp³-hybridized carbons (Fsp3) is 0.364. The van der Waals surface area contributed by atoms with E-state index in [4.69, 9.17) is 23.2 Å². The van der Waals surface area contributed by atoms with Gasteiger partial charge in [0.05, 0.1) is 5.25 Å². The number of nitrogens with one attached hydrogen (secondary N) is 1. The van der Waals surface area contributed by atoms with Gasteiger partial charge in [0.1, 0.15) is 0 Å². The Bertz CT molecular complexity index is 385. The first kappa shape index (κ1) is 12.1. The molecule has 0 aliphatic carbocycles. The van der Waals surface area contributed by atoms with Crippen molar-refractivity contribution in [2.75, 3.05) is 11.1 Å². The van der Waals surface area contributed by atoms with Crippen molar-refractivity contribution in [3.8, 4) is 0 Å². The number of thioether (sulfide) groups is 1. The third-order valence-electron chi connectivity index (χ3n) is 2.35. The summed E-state index contributed by atoms with van der Waals surface area (Å²) < 4.78 is 0. The average molecular weight is 276 g/mol. The molecular weight excluding hydrogens is 265 g/mol. The minimum absolute atomic E-state index is 0.0424. The van der Waals surface area contributed by atoms with E-state index < -0.39 is 0 Å². The summed E-state index contributed by atoms with van der Waals surface area (Å²) in [6.07, 6.45) is 2.06. The molecule has 2 rings (SSSR count). The number of rotatable bonds is 2. The van der Waals surface area contributed by atoms with Gasteiger partial charge in [-0.15, -0.1) is 11.8 Å². The largest absolute Gasteiger partial charge is 0.325 e. The minimum atomic E-state index is 0.0424. The Hall–Kier alpha value is -0.380. The predicted octanol–water partition coefficient (Wildman–Crippen LogP) is 3.83. The second-order valence-corrected chi connectivity index (χ2v) is 5.83. The highest BCUT2D eigenvalue weighted by Crippen LogP contribution is 2.28. The molecule has 1 amide bonds. The Kier molecular flexibility index (Phi) is 4.00. The fourth-order valence-electron chi connectivity index (χ4n) is 1.63. The maximum Gasteiger partial charge on any atom is 0.237 e. The first-order chi connectivity index (χ1) is 7.65. The van der Waals surface area contributed by atoms with E-state index in [1.165, 1.54) is 0 Å². The van der Waals surface area contributed by atoms with Crippen molar-refractivity contribution in [2.24, 2.45) is 0 Å². The smallest absolute Gasteiger partial charge is 0.237 e. The van der Waals surface area contributed by atoms with Crippen LogP contribution in [0.25, 0.3) is 0 Å². The van der Waals surface area contributed by atoms with Crippen molar-refractivity contribution >= 4 is 46.6 Å². The summed E-state index contributed by atoms with van der Waals surface area (Å²) >= 11 is 13.4. The summed E-state index contributed by atoms with van der Waals surface area (Å²) in [5, 5.41) is 3.96. The highest BCUT2D eigenvalue weighted by molar-refractivity contribution is 8.00. The maximum absolute atomic E-state index is 11.8. The molecule has 0 aromatic heterocycles. The molecule has 0 saturated carbocycles. The topological polar surface area (TPSA) is 29.1 Å². The molecule has 0 bridgehead atoms. The van der Waals surface area contributed by atoms with Crippen LogP contribution in [0.15, 0.2) is 18.2 Å². The van der Waals surface area contributed by atoms with Gasteiger partial charge in [-0.1, -0.05) is 23.2 Å². The summed E-state index contributed by atoms with van der Waals surface area (Å²) in [5.41, 5.74) is 0.662.